The Morgan fingerprint density at radius 3 is 2.50 bits per heavy atom. The lowest BCUT2D eigenvalue weighted by Crippen LogP contribution is -2.66. The molecule has 1 aliphatic heterocycles. The Labute approximate surface area is 164 Å². The summed E-state index contributed by atoms with van der Waals surface area (Å²) in [6, 6.07) is 4.04. The van der Waals surface area contributed by atoms with Gasteiger partial charge >= 0.3 is 0 Å². The summed E-state index contributed by atoms with van der Waals surface area (Å²) in [5, 5.41) is 3.10. The molecule has 0 unspecified atom stereocenters. The average molecular weight is 393 g/mol. The minimum atomic E-state index is -1.13. The normalized spacial score (nSPS) is 22.5. The lowest BCUT2D eigenvalue weighted by Gasteiger charge is -2.48. The van der Waals surface area contributed by atoms with Crippen LogP contribution in [0.5, 0.6) is 0 Å². The molecule has 0 aromatic carbocycles. The van der Waals surface area contributed by atoms with E-state index in [1.165, 1.54) is 0 Å². The molecule has 0 saturated carbocycles. The summed E-state index contributed by atoms with van der Waals surface area (Å²) in [4.78, 5) is 17.7. The number of thiocarbonyl (C=S) groups is 1. The molecule has 0 spiro atoms. The number of amides is 1. The molecular formula is C20H32N2O2SSi. The van der Waals surface area contributed by atoms with E-state index in [0.29, 0.717) is 6.61 Å². The first-order chi connectivity index (χ1) is 12.0. The second kappa shape index (κ2) is 8.27. The van der Waals surface area contributed by atoms with E-state index in [2.05, 4.69) is 51.1 Å². The lowest BCUT2D eigenvalue weighted by atomic mass is 9.65. The van der Waals surface area contributed by atoms with Crippen molar-refractivity contribution in [2.45, 2.75) is 53.8 Å². The third-order valence-electron chi connectivity index (χ3n) is 5.27. The van der Waals surface area contributed by atoms with Gasteiger partial charge in [-0.15, -0.1) is 0 Å². The summed E-state index contributed by atoms with van der Waals surface area (Å²) in [6.45, 7) is 15.7. The number of aromatic nitrogens is 1. The van der Waals surface area contributed by atoms with Gasteiger partial charge in [0.2, 0.25) is 5.91 Å². The summed E-state index contributed by atoms with van der Waals surface area (Å²) >= 11 is 5.70. The molecule has 2 rings (SSSR count). The van der Waals surface area contributed by atoms with Gasteiger partial charge in [0.05, 0.1) is 11.6 Å². The largest absolute Gasteiger partial charge is 0.420 e. The molecule has 2 heterocycles. The molecule has 0 bridgehead atoms. The molecule has 6 heteroatoms. The third kappa shape index (κ3) is 4.78. The first-order valence-electron chi connectivity index (χ1n) is 9.41. The molecular weight excluding hydrogens is 360 g/mol. The Morgan fingerprint density at radius 1 is 1.38 bits per heavy atom. The number of rotatable bonds is 7. The zero-order valence-corrected chi connectivity index (χ0v) is 19.0. The minimum absolute atomic E-state index is 0.00653. The van der Waals surface area contributed by atoms with Crippen LogP contribution in [0.15, 0.2) is 18.3 Å². The number of pyridine rings is 1. The summed E-state index contributed by atoms with van der Waals surface area (Å²) in [7, 11) is -1.13. The molecule has 4 atom stereocenters. The van der Waals surface area contributed by atoms with Crippen LogP contribution in [-0.2, 0) is 9.22 Å². The number of nitrogens with zero attached hydrogens (tertiary/aromatic N) is 1. The summed E-state index contributed by atoms with van der Waals surface area (Å²) in [5.74, 6) is 0.285. The number of hydrogen-bond acceptors (Lipinski definition) is 4. The van der Waals surface area contributed by atoms with Gasteiger partial charge in [-0.3, -0.25) is 9.78 Å². The maximum atomic E-state index is 12.5. The molecule has 0 radical (unpaired) electrons. The standard InChI is InChI=1S/C20H32N2O2SSi/c1-12-8-9-15(21-10-12)18(25)13(2)17-16(19(23)22-17)14(20(3,4)5)11-24-26(6)7/h8-10,13-14,16-17,26H,11H2,1-7H3,(H,22,23)/t13-,14-,16+,17-/m1/s1. The van der Waals surface area contributed by atoms with Crippen LogP contribution >= 0.6 is 12.2 Å². The number of hydrogen-bond donors (Lipinski definition) is 1. The van der Waals surface area contributed by atoms with Crippen LogP contribution in [0, 0.1) is 30.1 Å². The zero-order valence-electron chi connectivity index (χ0n) is 17.0. The molecule has 144 valence electrons. The lowest BCUT2D eigenvalue weighted by molar-refractivity contribution is -0.143. The van der Waals surface area contributed by atoms with Gasteiger partial charge in [-0.2, -0.15) is 0 Å². The summed E-state index contributed by atoms with van der Waals surface area (Å²) in [5.41, 5.74) is 1.94. The van der Waals surface area contributed by atoms with Crippen molar-refractivity contribution in [2.75, 3.05) is 6.61 Å². The monoisotopic (exact) mass is 392 g/mol. The molecule has 1 aromatic heterocycles. The fourth-order valence-corrected chi connectivity index (χ4v) is 4.34. The predicted octanol–water partition coefficient (Wildman–Crippen LogP) is 3.52. The van der Waals surface area contributed by atoms with E-state index in [1.54, 1.807) is 0 Å². The molecule has 26 heavy (non-hydrogen) atoms. The highest BCUT2D eigenvalue weighted by atomic mass is 32.1. The van der Waals surface area contributed by atoms with E-state index in [-0.39, 0.29) is 35.1 Å². The SMILES string of the molecule is Cc1ccc(C(=S)[C@H](C)[C@H]2NC(=O)[C@H]2[C@@H](CO[SiH](C)C)C(C)(C)C)nc1. The second-order valence-electron chi connectivity index (χ2n) is 8.79. The molecule has 1 aromatic rings. The van der Waals surface area contributed by atoms with Gasteiger partial charge in [0.25, 0.3) is 0 Å². The Hall–Kier alpha value is -1.11. The average Bonchev–Trinajstić information content (AvgIpc) is 2.54. The summed E-state index contributed by atoms with van der Waals surface area (Å²) < 4.78 is 6.04. The highest BCUT2D eigenvalue weighted by Gasteiger charge is 2.51. The Bertz CT molecular complexity index is 655. The van der Waals surface area contributed by atoms with Gasteiger partial charge in [-0.05, 0) is 43.0 Å². The van der Waals surface area contributed by atoms with Crippen molar-refractivity contribution in [1.29, 1.82) is 0 Å². The number of aryl methyl sites for hydroxylation is 1. The molecule has 1 aliphatic rings. The Morgan fingerprint density at radius 2 is 2.04 bits per heavy atom. The van der Waals surface area contributed by atoms with Crippen LogP contribution < -0.4 is 5.32 Å². The topological polar surface area (TPSA) is 51.2 Å². The van der Waals surface area contributed by atoms with Crippen LogP contribution in [-0.4, -0.2) is 37.4 Å². The maximum Gasteiger partial charge on any atom is 0.225 e. The highest BCUT2D eigenvalue weighted by molar-refractivity contribution is 7.80. The molecule has 1 amide bonds. The van der Waals surface area contributed by atoms with E-state index < -0.39 is 9.04 Å². The van der Waals surface area contributed by atoms with Crippen molar-refractivity contribution < 1.29 is 9.22 Å². The fraction of sp³-hybridized carbons (Fsp3) is 0.650. The molecule has 1 fully saturated rings. The molecule has 1 N–H and O–H groups in total. The van der Waals surface area contributed by atoms with E-state index in [0.717, 1.165) is 16.1 Å². The quantitative estimate of drug-likeness (QED) is 0.334. The zero-order chi connectivity index (χ0) is 19.6. The Kier molecular flexibility index (Phi) is 6.74. The van der Waals surface area contributed by atoms with E-state index >= 15 is 0 Å². The fourth-order valence-electron chi connectivity index (χ4n) is 3.48. The molecule has 0 aliphatic carbocycles. The number of β-lactam (4-membered cyclic amide) rings is 1. The van der Waals surface area contributed by atoms with Gasteiger partial charge in [-0.25, -0.2) is 0 Å². The maximum absolute atomic E-state index is 12.5. The number of carbonyl (C=O) groups excluding carboxylic acids is 1. The summed E-state index contributed by atoms with van der Waals surface area (Å²) in [6.07, 6.45) is 1.84. The van der Waals surface area contributed by atoms with Gasteiger partial charge in [0.15, 0.2) is 9.04 Å². The van der Waals surface area contributed by atoms with Gasteiger partial charge in [-0.1, -0.05) is 46.0 Å². The second-order valence-corrected chi connectivity index (χ2v) is 11.7. The van der Waals surface area contributed by atoms with Crippen LogP contribution in [0.3, 0.4) is 0 Å². The van der Waals surface area contributed by atoms with Crippen molar-refractivity contribution in [3.05, 3.63) is 29.6 Å². The Balaban J connectivity index is 2.18. The van der Waals surface area contributed by atoms with Crippen molar-refractivity contribution in [3.63, 3.8) is 0 Å². The first kappa shape index (κ1) is 21.2. The van der Waals surface area contributed by atoms with Gasteiger partial charge in [0, 0.05) is 29.6 Å². The number of carbonyl (C=O) groups is 1. The van der Waals surface area contributed by atoms with Crippen LogP contribution in [0.2, 0.25) is 13.1 Å². The molecule has 4 nitrogen and oxygen atoms in total. The molecule has 1 saturated heterocycles. The van der Waals surface area contributed by atoms with Crippen LogP contribution in [0.1, 0.15) is 39.0 Å². The van der Waals surface area contributed by atoms with Crippen molar-refractivity contribution >= 4 is 32.0 Å². The van der Waals surface area contributed by atoms with Crippen molar-refractivity contribution in [3.8, 4) is 0 Å². The minimum Gasteiger partial charge on any atom is -0.420 e. The van der Waals surface area contributed by atoms with E-state index in [4.69, 9.17) is 16.6 Å². The number of nitrogens with one attached hydrogen (secondary N) is 1. The van der Waals surface area contributed by atoms with Crippen LogP contribution in [0.4, 0.5) is 0 Å². The van der Waals surface area contributed by atoms with Gasteiger partial charge < -0.3 is 9.74 Å². The third-order valence-corrected chi connectivity index (χ3v) is 6.71. The predicted molar refractivity (Wildman–Crippen MR) is 113 cm³/mol. The smallest absolute Gasteiger partial charge is 0.225 e. The van der Waals surface area contributed by atoms with Gasteiger partial charge in [0.1, 0.15) is 0 Å². The van der Waals surface area contributed by atoms with Crippen LogP contribution in [0.25, 0.3) is 0 Å². The van der Waals surface area contributed by atoms with Crippen molar-refractivity contribution in [2.24, 2.45) is 23.2 Å². The van der Waals surface area contributed by atoms with Crippen molar-refractivity contribution in [1.82, 2.24) is 10.3 Å². The van der Waals surface area contributed by atoms with E-state index in [9.17, 15) is 4.79 Å². The highest BCUT2D eigenvalue weighted by Crippen LogP contribution is 2.40. The van der Waals surface area contributed by atoms with E-state index in [1.807, 2.05) is 25.3 Å². The first-order valence-corrected chi connectivity index (χ1v) is 12.6.